The van der Waals surface area contributed by atoms with Gasteiger partial charge in [-0.25, -0.2) is 18.4 Å². The summed E-state index contributed by atoms with van der Waals surface area (Å²) in [7, 11) is 1.28. The summed E-state index contributed by atoms with van der Waals surface area (Å²) >= 11 is 0. The predicted octanol–water partition coefficient (Wildman–Crippen LogP) is 1.58. The Bertz CT molecular complexity index is 524. The summed E-state index contributed by atoms with van der Waals surface area (Å²) in [6, 6.07) is 1.64. The van der Waals surface area contributed by atoms with Gasteiger partial charge in [0.25, 0.3) is 0 Å². The Kier molecular flexibility index (Phi) is 4.98. The van der Waals surface area contributed by atoms with E-state index in [9.17, 15) is 18.4 Å². The largest absolute Gasteiger partial charge is 0.479 e. The topological polar surface area (TPSA) is 87.7 Å². The maximum atomic E-state index is 13.3. The van der Waals surface area contributed by atoms with Gasteiger partial charge in [-0.1, -0.05) is 0 Å². The number of anilines is 1. The molecule has 1 rings (SSSR count). The molecule has 20 heavy (non-hydrogen) atoms. The van der Waals surface area contributed by atoms with Crippen LogP contribution in [0.4, 0.5) is 19.3 Å². The van der Waals surface area contributed by atoms with E-state index < -0.39 is 29.2 Å². The number of carbonyl (C=O) groups excluding carboxylic acids is 1. The first kappa shape index (κ1) is 15.8. The third-order valence-corrected chi connectivity index (χ3v) is 2.47. The van der Waals surface area contributed by atoms with Gasteiger partial charge in [0.2, 0.25) is 0 Å². The predicted molar refractivity (Wildman–Crippen MR) is 66.4 cm³/mol. The number of aliphatic carboxylic acids is 1. The Balaban J connectivity index is 2.78. The van der Waals surface area contributed by atoms with E-state index in [1.54, 1.807) is 0 Å². The van der Waals surface area contributed by atoms with Gasteiger partial charge in [-0.15, -0.1) is 0 Å². The molecule has 0 aromatic heterocycles. The molecular formula is C12H14F2N2O4. The molecule has 110 valence electrons. The van der Waals surface area contributed by atoms with Gasteiger partial charge in [0.15, 0.2) is 5.54 Å². The number of hydrogen-bond acceptors (Lipinski definition) is 3. The molecule has 1 aromatic rings. The minimum Gasteiger partial charge on any atom is -0.479 e. The zero-order chi connectivity index (χ0) is 15.3. The molecule has 1 aromatic carbocycles. The Morgan fingerprint density at radius 1 is 1.40 bits per heavy atom. The van der Waals surface area contributed by atoms with Gasteiger partial charge in [-0.05, 0) is 19.1 Å². The molecular weight excluding hydrogens is 274 g/mol. The van der Waals surface area contributed by atoms with Crippen LogP contribution in [0.2, 0.25) is 0 Å². The minimum absolute atomic E-state index is 0.269. The van der Waals surface area contributed by atoms with Crippen LogP contribution in [-0.2, 0) is 9.53 Å². The molecule has 0 spiro atoms. The summed E-state index contributed by atoms with van der Waals surface area (Å²) in [6.45, 7) is 0.959. The number of carbonyl (C=O) groups is 2. The monoisotopic (exact) mass is 288 g/mol. The second-order valence-corrected chi connectivity index (χ2v) is 4.27. The maximum Gasteiger partial charge on any atom is 0.331 e. The summed E-state index contributed by atoms with van der Waals surface area (Å²) < 4.78 is 30.7. The first-order valence-electron chi connectivity index (χ1n) is 5.55. The van der Waals surface area contributed by atoms with E-state index in [2.05, 4.69) is 10.6 Å². The highest BCUT2D eigenvalue weighted by molar-refractivity contribution is 5.93. The van der Waals surface area contributed by atoms with Crippen molar-refractivity contribution in [2.45, 2.75) is 12.5 Å². The first-order chi connectivity index (χ1) is 9.28. The van der Waals surface area contributed by atoms with E-state index >= 15 is 0 Å². The number of ether oxygens (including phenoxy) is 1. The lowest BCUT2D eigenvalue weighted by Crippen LogP contribution is -2.56. The number of urea groups is 1. The zero-order valence-electron chi connectivity index (χ0n) is 10.9. The van der Waals surface area contributed by atoms with E-state index in [1.807, 2.05) is 0 Å². The SMILES string of the molecule is COCC(C)(NC(=O)Nc1ccc(F)cc1F)C(=O)O. The molecule has 0 heterocycles. The van der Waals surface area contributed by atoms with Crippen molar-refractivity contribution in [2.75, 3.05) is 19.0 Å². The lowest BCUT2D eigenvalue weighted by Gasteiger charge is -2.25. The van der Waals surface area contributed by atoms with Gasteiger partial charge in [0, 0.05) is 13.2 Å². The van der Waals surface area contributed by atoms with Crippen LogP contribution in [0.3, 0.4) is 0 Å². The second-order valence-electron chi connectivity index (χ2n) is 4.27. The van der Waals surface area contributed by atoms with Crippen molar-refractivity contribution in [3.8, 4) is 0 Å². The third kappa shape index (κ3) is 3.89. The highest BCUT2D eigenvalue weighted by Gasteiger charge is 2.35. The molecule has 0 saturated heterocycles. The standard InChI is InChI=1S/C12H14F2N2O4/c1-12(6-20-2,10(17)18)16-11(19)15-9-4-3-7(13)5-8(9)14/h3-5H,6H2,1-2H3,(H,17,18)(H2,15,16,19). The van der Waals surface area contributed by atoms with Crippen molar-refractivity contribution < 1.29 is 28.2 Å². The number of rotatable bonds is 5. The normalized spacial score (nSPS) is 13.4. The van der Waals surface area contributed by atoms with Crippen LogP contribution in [-0.4, -0.2) is 36.4 Å². The number of carboxylic acid groups (broad SMARTS) is 1. The number of carboxylic acids is 1. The lowest BCUT2D eigenvalue weighted by atomic mass is 10.1. The molecule has 0 aliphatic rings. The zero-order valence-corrected chi connectivity index (χ0v) is 10.9. The quantitative estimate of drug-likeness (QED) is 0.767. The highest BCUT2D eigenvalue weighted by Crippen LogP contribution is 2.15. The van der Waals surface area contributed by atoms with E-state index in [4.69, 9.17) is 9.84 Å². The Hall–Kier alpha value is -2.22. The van der Waals surface area contributed by atoms with E-state index in [1.165, 1.54) is 14.0 Å². The Labute approximate surface area is 113 Å². The fraction of sp³-hybridized carbons (Fsp3) is 0.333. The van der Waals surface area contributed by atoms with Crippen LogP contribution in [0.15, 0.2) is 18.2 Å². The van der Waals surface area contributed by atoms with Crippen LogP contribution < -0.4 is 10.6 Å². The average molecular weight is 288 g/mol. The van der Waals surface area contributed by atoms with E-state index in [0.29, 0.717) is 6.07 Å². The van der Waals surface area contributed by atoms with Gasteiger partial charge in [0.1, 0.15) is 11.6 Å². The number of methoxy groups -OCH3 is 1. The minimum atomic E-state index is -1.67. The summed E-state index contributed by atoms with van der Waals surface area (Å²) in [5.41, 5.74) is -1.94. The molecule has 8 heteroatoms. The lowest BCUT2D eigenvalue weighted by molar-refractivity contribution is -0.145. The van der Waals surface area contributed by atoms with Crippen molar-refractivity contribution in [1.82, 2.24) is 5.32 Å². The van der Waals surface area contributed by atoms with Crippen LogP contribution >= 0.6 is 0 Å². The molecule has 0 fully saturated rings. The molecule has 0 aliphatic carbocycles. The fourth-order valence-electron chi connectivity index (χ4n) is 1.43. The van der Waals surface area contributed by atoms with E-state index in [-0.39, 0.29) is 12.3 Å². The second kappa shape index (κ2) is 6.29. The molecule has 1 unspecified atom stereocenters. The number of amides is 2. The van der Waals surface area contributed by atoms with Crippen molar-refractivity contribution in [3.05, 3.63) is 29.8 Å². The number of nitrogens with one attached hydrogen (secondary N) is 2. The average Bonchev–Trinajstić information content (AvgIpc) is 2.32. The number of hydrogen-bond donors (Lipinski definition) is 3. The summed E-state index contributed by atoms with van der Waals surface area (Å²) in [5.74, 6) is -3.07. The Morgan fingerprint density at radius 2 is 2.05 bits per heavy atom. The van der Waals surface area contributed by atoms with Crippen LogP contribution in [0.1, 0.15) is 6.92 Å². The van der Waals surface area contributed by atoms with Crippen molar-refractivity contribution >= 4 is 17.7 Å². The molecule has 3 N–H and O–H groups in total. The van der Waals surface area contributed by atoms with Gasteiger partial charge in [-0.3, -0.25) is 0 Å². The van der Waals surface area contributed by atoms with Gasteiger partial charge >= 0.3 is 12.0 Å². The van der Waals surface area contributed by atoms with Crippen LogP contribution in [0.5, 0.6) is 0 Å². The molecule has 1 atom stereocenters. The summed E-state index contributed by atoms with van der Waals surface area (Å²) in [4.78, 5) is 22.7. The first-order valence-corrected chi connectivity index (χ1v) is 5.55. The van der Waals surface area contributed by atoms with Crippen molar-refractivity contribution in [3.63, 3.8) is 0 Å². The van der Waals surface area contributed by atoms with E-state index in [0.717, 1.165) is 12.1 Å². The number of benzene rings is 1. The van der Waals surface area contributed by atoms with Crippen molar-refractivity contribution in [1.29, 1.82) is 0 Å². The smallest absolute Gasteiger partial charge is 0.331 e. The van der Waals surface area contributed by atoms with Gasteiger partial charge in [0.05, 0.1) is 12.3 Å². The summed E-state index contributed by atoms with van der Waals surface area (Å²) in [5, 5.41) is 13.3. The van der Waals surface area contributed by atoms with Gasteiger partial charge in [-0.2, -0.15) is 0 Å². The molecule has 0 aliphatic heterocycles. The van der Waals surface area contributed by atoms with Crippen molar-refractivity contribution in [2.24, 2.45) is 0 Å². The third-order valence-electron chi connectivity index (χ3n) is 2.47. The molecule has 0 saturated carbocycles. The van der Waals surface area contributed by atoms with Gasteiger partial charge < -0.3 is 20.5 Å². The highest BCUT2D eigenvalue weighted by atomic mass is 19.1. The fourth-order valence-corrected chi connectivity index (χ4v) is 1.43. The molecule has 6 nitrogen and oxygen atoms in total. The summed E-state index contributed by atoms with van der Waals surface area (Å²) in [6.07, 6.45) is 0. The maximum absolute atomic E-state index is 13.3. The molecule has 2 amide bonds. The molecule has 0 bridgehead atoms. The van der Waals surface area contributed by atoms with Crippen LogP contribution in [0.25, 0.3) is 0 Å². The Morgan fingerprint density at radius 3 is 2.55 bits per heavy atom. The molecule has 0 radical (unpaired) electrons. The number of halogens is 2. The van der Waals surface area contributed by atoms with Crippen LogP contribution in [0, 0.1) is 11.6 Å².